The number of hydrogen-bond acceptors (Lipinski definition) is 9. The van der Waals surface area contributed by atoms with Crippen molar-refractivity contribution in [2.45, 2.75) is 31.5 Å². The fourth-order valence-electron chi connectivity index (χ4n) is 5.18. The Morgan fingerprint density at radius 3 is 2.54 bits per heavy atom. The van der Waals surface area contributed by atoms with Gasteiger partial charge in [-0.25, -0.2) is 4.39 Å². The molecule has 2 aromatic carbocycles. The number of piperidine rings is 1. The minimum absolute atomic E-state index is 0.0196. The largest absolute Gasteiger partial charge is 0.489 e. The number of anilines is 3. The number of amides is 1. The van der Waals surface area contributed by atoms with E-state index >= 15 is 0 Å². The number of fused-ring (bicyclic) bond motifs is 1. The fourth-order valence-corrected chi connectivity index (χ4v) is 6.35. The van der Waals surface area contributed by atoms with Gasteiger partial charge in [-0.05, 0) is 44.0 Å². The first-order valence-electron chi connectivity index (χ1n) is 14.9. The Morgan fingerprint density at radius 2 is 1.87 bits per heavy atom. The third-order valence-electron chi connectivity index (χ3n) is 7.27. The van der Waals surface area contributed by atoms with Crippen LogP contribution in [-0.4, -0.2) is 105 Å². The number of benzene rings is 2. The Bertz CT molecular complexity index is 1550. The number of halogens is 4. The molecule has 1 fully saturated rings. The molecule has 46 heavy (non-hydrogen) atoms. The normalized spacial score (nSPS) is 13.9. The summed E-state index contributed by atoms with van der Waals surface area (Å²) in [5, 5.41) is 27.9. The Labute approximate surface area is 269 Å². The second-order valence-corrected chi connectivity index (χ2v) is 12.1. The minimum Gasteiger partial charge on any atom is -0.489 e. The molecule has 1 saturated heterocycles. The molecule has 4 rings (SSSR count). The van der Waals surface area contributed by atoms with E-state index in [1.54, 1.807) is 12.1 Å². The van der Waals surface area contributed by atoms with Gasteiger partial charge in [0.15, 0.2) is 0 Å². The van der Waals surface area contributed by atoms with E-state index in [4.69, 9.17) is 14.9 Å². The number of nitrogens with one attached hydrogen (secondary N) is 3. The molecule has 9 nitrogen and oxygen atoms in total. The highest BCUT2D eigenvalue weighted by Crippen LogP contribution is 2.39. The number of likely N-dealkylation sites (N-methyl/N-ethyl adjacent to an activating group) is 1. The molecular weight excluding hydrogens is 626 g/mol. The number of aliphatic hydroxyl groups excluding tert-OH is 2. The van der Waals surface area contributed by atoms with Gasteiger partial charge in [-0.1, -0.05) is 24.0 Å². The van der Waals surface area contributed by atoms with Crippen LogP contribution in [0.25, 0.3) is 10.1 Å². The number of rotatable bonds is 13. The Hall–Kier alpha value is -3.77. The molecule has 2 heterocycles. The highest BCUT2D eigenvalue weighted by Gasteiger charge is 2.31. The molecule has 0 radical (unpaired) electrons. The molecule has 0 atom stereocenters. The minimum atomic E-state index is -4.44. The van der Waals surface area contributed by atoms with Crippen LogP contribution in [0.2, 0.25) is 0 Å². The van der Waals surface area contributed by atoms with Gasteiger partial charge in [0.2, 0.25) is 5.91 Å². The maximum absolute atomic E-state index is 14.6. The summed E-state index contributed by atoms with van der Waals surface area (Å²) in [6.45, 7) is 1.14. The monoisotopic (exact) mass is 665 g/mol. The molecule has 0 saturated carbocycles. The highest BCUT2D eigenvalue weighted by molar-refractivity contribution is 7.20. The predicted octanol–water partition coefficient (Wildman–Crippen LogP) is 4.35. The number of carbonyl (C=O) groups is 1. The molecule has 14 heteroatoms. The third kappa shape index (κ3) is 9.62. The SMILES string of the molecule is CN(C)CC(=O)N1CCC(Nc2cccc3c(CC(F)(F)F)c(C#CCNc4cc(F)c(NCCO)cc4OCCO)sc23)CC1. The maximum atomic E-state index is 14.6. The van der Waals surface area contributed by atoms with Gasteiger partial charge in [-0.2, -0.15) is 13.2 Å². The molecule has 0 aliphatic carbocycles. The molecule has 1 aliphatic rings. The van der Waals surface area contributed by atoms with Crippen LogP contribution in [0.5, 0.6) is 5.75 Å². The number of alkyl halides is 3. The van der Waals surface area contributed by atoms with Gasteiger partial charge in [0.05, 0.1) is 59.4 Å². The third-order valence-corrected chi connectivity index (χ3v) is 8.47. The second-order valence-electron chi connectivity index (χ2n) is 11.1. The lowest BCUT2D eigenvalue weighted by Crippen LogP contribution is -2.45. The predicted molar refractivity (Wildman–Crippen MR) is 173 cm³/mol. The molecule has 1 amide bonds. The zero-order valence-corrected chi connectivity index (χ0v) is 26.6. The Morgan fingerprint density at radius 1 is 1.11 bits per heavy atom. The number of hydrogen-bond donors (Lipinski definition) is 5. The first-order chi connectivity index (χ1) is 22.0. The second kappa shape index (κ2) is 16.2. The summed E-state index contributed by atoms with van der Waals surface area (Å²) >= 11 is 1.19. The van der Waals surface area contributed by atoms with Gasteiger partial charge in [-0.3, -0.25) is 4.79 Å². The van der Waals surface area contributed by atoms with Crippen molar-refractivity contribution in [2.24, 2.45) is 0 Å². The van der Waals surface area contributed by atoms with Crippen LogP contribution in [0.3, 0.4) is 0 Å². The van der Waals surface area contributed by atoms with Crippen LogP contribution in [0.15, 0.2) is 30.3 Å². The summed E-state index contributed by atoms with van der Waals surface area (Å²) < 4.78 is 61.9. The van der Waals surface area contributed by atoms with Crippen LogP contribution in [0.4, 0.5) is 34.6 Å². The Balaban J connectivity index is 1.53. The standard InChI is InChI=1S/C32H39F4N5O4S/c1-40(2)20-30(44)41-12-8-21(9-13-41)39-25-6-3-5-22-23(19-32(34,35)36)29(46-31(22)25)7-4-10-37-27-17-24(33)26(38-11-14-42)18-28(27)45-16-15-43/h3,5-6,17-18,21,37-39,42-43H,8-16,19-20H2,1-2H3. The van der Waals surface area contributed by atoms with Crippen molar-refractivity contribution in [3.05, 3.63) is 46.6 Å². The first-order valence-corrected chi connectivity index (χ1v) is 15.8. The van der Waals surface area contributed by atoms with E-state index in [1.165, 1.54) is 23.5 Å². The van der Waals surface area contributed by atoms with E-state index in [0.29, 0.717) is 34.6 Å². The van der Waals surface area contributed by atoms with E-state index < -0.39 is 18.4 Å². The molecule has 5 N–H and O–H groups in total. The van der Waals surface area contributed by atoms with Crippen molar-refractivity contribution in [1.82, 2.24) is 9.80 Å². The van der Waals surface area contributed by atoms with E-state index in [-0.39, 0.29) is 67.5 Å². The van der Waals surface area contributed by atoms with Crippen molar-refractivity contribution in [3.8, 4) is 17.6 Å². The maximum Gasteiger partial charge on any atom is 0.393 e. The smallest absolute Gasteiger partial charge is 0.393 e. The summed E-state index contributed by atoms with van der Waals surface area (Å²) in [5.41, 5.74) is 1.19. The number of thiophene rings is 1. The molecule has 0 bridgehead atoms. The summed E-state index contributed by atoms with van der Waals surface area (Å²) in [6.07, 6.45) is -4.14. The van der Waals surface area contributed by atoms with Crippen molar-refractivity contribution < 1.29 is 37.3 Å². The van der Waals surface area contributed by atoms with Crippen molar-refractivity contribution in [3.63, 3.8) is 0 Å². The molecule has 3 aromatic rings. The highest BCUT2D eigenvalue weighted by atomic mass is 32.1. The van der Waals surface area contributed by atoms with Crippen molar-refractivity contribution >= 4 is 44.4 Å². The van der Waals surface area contributed by atoms with Crippen molar-refractivity contribution in [2.75, 3.05) is 82.6 Å². The first kappa shape index (κ1) is 35.1. The fraction of sp³-hybridized carbons (Fsp3) is 0.469. The number of aliphatic hydroxyl groups is 2. The quantitative estimate of drug-likeness (QED) is 0.136. The molecule has 1 aliphatic heterocycles. The lowest BCUT2D eigenvalue weighted by Gasteiger charge is -2.33. The summed E-state index contributed by atoms with van der Waals surface area (Å²) in [7, 11) is 3.70. The Kier molecular flexibility index (Phi) is 12.3. The molecule has 1 aromatic heterocycles. The summed E-state index contributed by atoms with van der Waals surface area (Å²) in [5.74, 6) is 5.46. The zero-order valence-electron chi connectivity index (χ0n) is 25.8. The van der Waals surface area contributed by atoms with Crippen LogP contribution in [-0.2, 0) is 11.2 Å². The average molecular weight is 666 g/mol. The van der Waals surface area contributed by atoms with Crippen LogP contribution in [0, 0.1) is 17.7 Å². The van der Waals surface area contributed by atoms with E-state index in [0.717, 1.165) is 18.5 Å². The average Bonchev–Trinajstić information content (AvgIpc) is 3.34. The zero-order chi connectivity index (χ0) is 33.3. The van der Waals surface area contributed by atoms with E-state index in [9.17, 15) is 22.4 Å². The number of likely N-dealkylation sites (tertiary alicyclic amines) is 1. The molecule has 0 spiro atoms. The molecular formula is C32H39F4N5O4S. The van der Waals surface area contributed by atoms with E-state index in [1.807, 2.05) is 30.0 Å². The van der Waals surface area contributed by atoms with Gasteiger partial charge in [0.1, 0.15) is 18.2 Å². The van der Waals surface area contributed by atoms with Crippen molar-refractivity contribution in [1.29, 1.82) is 0 Å². The molecule has 250 valence electrons. The van der Waals surface area contributed by atoms with Gasteiger partial charge < -0.3 is 40.7 Å². The van der Waals surface area contributed by atoms with Crippen LogP contribution >= 0.6 is 11.3 Å². The van der Waals surface area contributed by atoms with E-state index in [2.05, 4.69) is 27.8 Å². The topological polar surface area (TPSA) is 109 Å². The summed E-state index contributed by atoms with van der Waals surface area (Å²) in [6, 6.07) is 7.89. The van der Waals surface area contributed by atoms with Crippen LogP contribution in [0.1, 0.15) is 23.3 Å². The van der Waals surface area contributed by atoms with Gasteiger partial charge in [-0.15, -0.1) is 11.3 Å². The summed E-state index contributed by atoms with van der Waals surface area (Å²) in [4.78, 5) is 16.4. The number of nitrogens with zero attached hydrogens (tertiary/aromatic N) is 2. The van der Waals surface area contributed by atoms with Crippen LogP contribution < -0.4 is 20.7 Å². The lowest BCUT2D eigenvalue weighted by molar-refractivity contribution is -0.132. The number of carbonyl (C=O) groups excluding carboxylic acids is 1. The van der Waals surface area contributed by atoms with Gasteiger partial charge >= 0.3 is 6.18 Å². The molecule has 0 unspecified atom stereocenters. The van der Waals surface area contributed by atoms with Gasteiger partial charge in [0.25, 0.3) is 0 Å². The number of ether oxygens (including phenoxy) is 1. The lowest BCUT2D eigenvalue weighted by atomic mass is 10.0. The van der Waals surface area contributed by atoms with Gasteiger partial charge in [0, 0.05) is 37.8 Å².